The highest BCUT2D eigenvalue weighted by Gasteiger charge is 2.26. The second-order valence-electron chi connectivity index (χ2n) is 2.23. The predicted molar refractivity (Wildman–Crippen MR) is 48.0 cm³/mol. The molecular weight excluding hydrogens is 140 g/mol. The fourth-order valence-electron chi connectivity index (χ4n) is 0.598. The zero-order valence-electron chi connectivity index (χ0n) is 7.98. The lowest BCUT2D eigenvalue weighted by Gasteiger charge is -2.21. The van der Waals surface area contributed by atoms with Crippen molar-refractivity contribution in [2.75, 3.05) is 0 Å². The van der Waals surface area contributed by atoms with Crippen LogP contribution in [0.15, 0.2) is 0 Å². The van der Waals surface area contributed by atoms with Gasteiger partial charge in [0.05, 0.1) is 5.54 Å². The van der Waals surface area contributed by atoms with Gasteiger partial charge in [0, 0.05) is 0 Å². The molecule has 0 aromatic heterocycles. The van der Waals surface area contributed by atoms with Crippen LogP contribution in [0.5, 0.6) is 0 Å². The molecule has 68 valence electrons. The summed E-state index contributed by atoms with van der Waals surface area (Å²) in [4.78, 5) is 10.6. The quantitative estimate of drug-likeness (QED) is 0.647. The highest BCUT2D eigenvalue weighted by Crippen LogP contribution is 2.08. The number of primary amides is 1. The molecule has 0 fully saturated rings. The molecule has 4 N–H and O–H groups in total. The number of carbonyl (C=O) groups excluding carboxylic acids is 1. The fourth-order valence-corrected chi connectivity index (χ4v) is 0.598. The van der Waals surface area contributed by atoms with Gasteiger partial charge in [-0.1, -0.05) is 27.7 Å². The van der Waals surface area contributed by atoms with Gasteiger partial charge >= 0.3 is 0 Å². The van der Waals surface area contributed by atoms with Gasteiger partial charge in [-0.05, 0) is 12.8 Å². The maximum atomic E-state index is 10.6. The third kappa shape index (κ3) is 3.98. The molecule has 3 nitrogen and oxygen atoms in total. The Labute approximate surface area is 69.1 Å². The molecule has 0 unspecified atom stereocenters. The molecule has 3 heteroatoms. The zero-order valence-corrected chi connectivity index (χ0v) is 7.98. The first kappa shape index (κ1) is 13.1. The van der Waals surface area contributed by atoms with Crippen LogP contribution in [-0.4, -0.2) is 11.4 Å². The minimum Gasteiger partial charge on any atom is -0.368 e. The summed E-state index contributed by atoms with van der Waals surface area (Å²) in [5.41, 5.74) is 9.82. The number of hydrogen-bond acceptors (Lipinski definition) is 2. The highest BCUT2D eigenvalue weighted by molar-refractivity contribution is 5.84. The minimum atomic E-state index is -0.778. The molecule has 0 spiro atoms. The van der Waals surface area contributed by atoms with Crippen molar-refractivity contribution >= 4 is 5.91 Å². The Kier molecular flexibility index (Phi) is 7.31. The maximum absolute atomic E-state index is 10.6. The monoisotopic (exact) mass is 160 g/mol. The van der Waals surface area contributed by atoms with Crippen LogP contribution in [0.1, 0.15) is 40.5 Å². The van der Waals surface area contributed by atoms with E-state index in [2.05, 4.69) is 0 Å². The summed E-state index contributed by atoms with van der Waals surface area (Å²) in [6.45, 7) is 7.71. The van der Waals surface area contributed by atoms with Crippen molar-refractivity contribution in [2.45, 2.75) is 46.1 Å². The summed E-state index contributed by atoms with van der Waals surface area (Å²) < 4.78 is 0. The topological polar surface area (TPSA) is 69.1 Å². The van der Waals surface area contributed by atoms with E-state index in [0.29, 0.717) is 12.8 Å². The lowest BCUT2D eigenvalue weighted by molar-refractivity contribution is -0.123. The first-order chi connectivity index (χ1) is 5.06. The van der Waals surface area contributed by atoms with Crippen LogP contribution < -0.4 is 11.5 Å². The van der Waals surface area contributed by atoms with Crippen molar-refractivity contribution in [1.82, 2.24) is 0 Å². The average Bonchev–Trinajstić information content (AvgIpc) is 2.06. The van der Waals surface area contributed by atoms with Crippen LogP contribution in [0.3, 0.4) is 0 Å². The molecule has 0 aliphatic carbocycles. The third-order valence-electron chi connectivity index (χ3n) is 1.75. The van der Waals surface area contributed by atoms with Crippen LogP contribution >= 0.6 is 0 Å². The van der Waals surface area contributed by atoms with E-state index in [1.165, 1.54) is 0 Å². The van der Waals surface area contributed by atoms with Crippen LogP contribution in [0, 0.1) is 0 Å². The Hall–Kier alpha value is -0.570. The molecule has 0 atom stereocenters. The van der Waals surface area contributed by atoms with E-state index in [4.69, 9.17) is 11.5 Å². The van der Waals surface area contributed by atoms with E-state index >= 15 is 0 Å². The van der Waals surface area contributed by atoms with Crippen LogP contribution in [-0.2, 0) is 4.79 Å². The standard InChI is InChI=1S/C6H14N2O.C2H6/c1-3-6(8,4-2)5(7)9;1-2/h3-4,8H2,1-2H3,(H2,7,9);1-2H3. The first-order valence-electron chi connectivity index (χ1n) is 4.15. The van der Waals surface area contributed by atoms with Gasteiger partial charge in [0.25, 0.3) is 0 Å². The van der Waals surface area contributed by atoms with E-state index in [1.54, 1.807) is 0 Å². The molecule has 0 radical (unpaired) electrons. The second kappa shape index (κ2) is 6.16. The van der Waals surface area contributed by atoms with E-state index in [1.807, 2.05) is 27.7 Å². The van der Waals surface area contributed by atoms with Crippen molar-refractivity contribution in [3.63, 3.8) is 0 Å². The van der Waals surface area contributed by atoms with Crippen molar-refractivity contribution < 1.29 is 4.79 Å². The molecule has 0 aliphatic heterocycles. The summed E-state index contributed by atoms with van der Waals surface area (Å²) in [6.07, 6.45) is 1.22. The third-order valence-corrected chi connectivity index (χ3v) is 1.75. The molecule has 0 rings (SSSR count). The normalized spacial score (nSPS) is 9.91. The summed E-state index contributed by atoms with van der Waals surface area (Å²) in [5, 5.41) is 0. The molecule has 0 heterocycles. The molecule has 1 amide bonds. The van der Waals surface area contributed by atoms with Gasteiger partial charge in [-0.3, -0.25) is 4.79 Å². The largest absolute Gasteiger partial charge is 0.368 e. The van der Waals surface area contributed by atoms with Crippen molar-refractivity contribution in [2.24, 2.45) is 11.5 Å². The number of amides is 1. The van der Waals surface area contributed by atoms with Gasteiger partial charge in [0.15, 0.2) is 0 Å². The van der Waals surface area contributed by atoms with Gasteiger partial charge in [-0.25, -0.2) is 0 Å². The van der Waals surface area contributed by atoms with E-state index < -0.39 is 11.4 Å². The van der Waals surface area contributed by atoms with Crippen LogP contribution in [0.2, 0.25) is 0 Å². The molecule has 0 bridgehead atoms. The Bertz CT molecular complexity index is 109. The SMILES string of the molecule is CC.CCC(N)(CC)C(N)=O. The molecule has 0 aromatic carbocycles. The summed E-state index contributed by atoms with van der Waals surface area (Å²) >= 11 is 0. The fraction of sp³-hybridized carbons (Fsp3) is 0.875. The van der Waals surface area contributed by atoms with Gasteiger partial charge in [0.2, 0.25) is 5.91 Å². The van der Waals surface area contributed by atoms with E-state index in [9.17, 15) is 4.79 Å². The Morgan fingerprint density at radius 2 is 1.55 bits per heavy atom. The van der Waals surface area contributed by atoms with Crippen LogP contribution in [0.25, 0.3) is 0 Å². The maximum Gasteiger partial charge on any atom is 0.237 e. The minimum absolute atomic E-state index is 0.410. The van der Waals surface area contributed by atoms with Crippen molar-refractivity contribution in [1.29, 1.82) is 0 Å². The van der Waals surface area contributed by atoms with Gasteiger partial charge in [0.1, 0.15) is 0 Å². The second-order valence-corrected chi connectivity index (χ2v) is 2.23. The summed E-state index contributed by atoms with van der Waals surface area (Å²) in [7, 11) is 0. The van der Waals surface area contributed by atoms with Gasteiger partial charge < -0.3 is 11.5 Å². The number of rotatable bonds is 3. The molecule has 11 heavy (non-hydrogen) atoms. The predicted octanol–water partition coefficient (Wildman–Crippen LogP) is 1.02. The Morgan fingerprint density at radius 1 is 1.27 bits per heavy atom. The lowest BCUT2D eigenvalue weighted by Crippen LogP contribution is -2.50. The number of hydrogen-bond donors (Lipinski definition) is 2. The highest BCUT2D eigenvalue weighted by atomic mass is 16.1. The Morgan fingerprint density at radius 3 is 1.55 bits per heavy atom. The first-order valence-corrected chi connectivity index (χ1v) is 4.15. The molecule has 0 saturated heterocycles. The molecule has 0 saturated carbocycles. The smallest absolute Gasteiger partial charge is 0.237 e. The Balaban J connectivity index is 0. The molecular formula is C8H20N2O. The van der Waals surface area contributed by atoms with Crippen molar-refractivity contribution in [3.05, 3.63) is 0 Å². The number of carbonyl (C=O) groups is 1. The molecule has 0 aliphatic rings. The van der Waals surface area contributed by atoms with Crippen LogP contribution in [0.4, 0.5) is 0 Å². The van der Waals surface area contributed by atoms with E-state index in [0.717, 1.165) is 0 Å². The lowest BCUT2D eigenvalue weighted by atomic mass is 9.94. The average molecular weight is 160 g/mol. The van der Waals surface area contributed by atoms with Gasteiger partial charge in [-0.15, -0.1) is 0 Å². The van der Waals surface area contributed by atoms with Gasteiger partial charge in [-0.2, -0.15) is 0 Å². The molecule has 0 aromatic rings. The summed E-state index contributed by atoms with van der Waals surface area (Å²) in [5.74, 6) is -0.410. The van der Waals surface area contributed by atoms with E-state index in [-0.39, 0.29) is 0 Å². The van der Waals surface area contributed by atoms with Crippen molar-refractivity contribution in [3.8, 4) is 0 Å². The number of nitrogens with two attached hydrogens (primary N) is 2. The zero-order chi connectivity index (χ0) is 9.49. The summed E-state index contributed by atoms with van der Waals surface area (Å²) in [6, 6.07) is 0.